The predicted octanol–water partition coefficient (Wildman–Crippen LogP) is 7.74. The van der Waals surface area contributed by atoms with E-state index in [2.05, 4.69) is 63.8 Å². The molecule has 7 atom stereocenters. The van der Waals surface area contributed by atoms with E-state index in [1.165, 1.54) is 44.1 Å². The minimum Gasteiger partial charge on any atom is -0.465 e. The van der Waals surface area contributed by atoms with Gasteiger partial charge in [0, 0.05) is 12.8 Å². The van der Waals surface area contributed by atoms with Crippen molar-refractivity contribution >= 4 is 0 Å². The van der Waals surface area contributed by atoms with Crippen LogP contribution in [0.2, 0.25) is 0 Å². The summed E-state index contributed by atoms with van der Waals surface area (Å²) in [7, 11) is 0. The van der Waals surface area contributed by atoms with Gasteiger partial charge in [-0.3, -0.25) is 0 Å². The molecule has 4 aliphatic rings. The summed E-state index contributed by atoms with van der Waals surface area (Å²) in [4.78, 5) is 0. The molecule has 0 unspecified atom stereocenters. The first-order chi connectivity index (χ1) is 19.2. The van der Waals surface area contributed by atoms with Gasteiger partial charge in [0.15, 0.2) is 0 Å². The van der Waals surface area contributed by atoms with Gasteiger partial charge in [0.2, 0.25) is 0 Å². The average Bonchev–Trinajstić information content (AvgIpc) is 3.46. The maximum absolute atomic E-state index is 11.3. The highest BCUT2D eigenvalue weighted by atomic mass is 16.3. The summed E-state index contributed by atoms with van der Waals surface area (Å²) >= 11 is 0. The Balaban J connectivity index is 1.24. The summed E-state index contributed by atoms with van der Waals surface area (Å²) in [6.45, 7) is 11.1. The lowest BCUT2D eigenvalue weighted by atomic mass is 9.61. The summed E-state index contributed by atoms with van der Waals surface area (Å²) in [5.74, 6) is 3.59. The van der Waals surface area contributed by atoms with Gasteiger partial charge in [0.05, 0.1) is 23.7 Å². The van der Waals surface area contributed by atoms with Crippen LogP contribution in [0.25, 0.3) is 0 Å². The van der Waals surface area contributed by atoms with Gasteiger partial charge < -0.3 is 19.7 Å². The van der Waals surface area contributed by atoms with Crippen molar-refractivity contribution in [3.63, 3.8) is 0 Å². The van der Waals surface area contributed by atoms with Gasteiger partial charge in [-0.05, 0) is 104 Å². The van der Waals surface area contributed by atoms with Crippen molar-refractivity contribution in [1.29, 1.82) is 0 Å². The summed E-state index contributed by atoms with van der Waals surface area (Å²) in [6.07, 6.45) is 20.7. The zero-order valence-corrected chi connectivity index (χ0v) is 25.1. The molecule has 4 aliphatic carbocycles. The van der Waals surface area contributed by atoms with Gasteiger partial charge >= 0.3 is 0 Å². The molecule has 0 amide bonds. The number of aliphatic hydroxyl groups excluding tert-OH is 3. The molecule has 0 aromatic carbocycles. The molecule has 0 aliphatic heterocycles. The maximum Gasteiger partial charge on any atom is 0.113 e. The van der Waals surface area contributed by atoms with E-state index in [9.17, 15) is 15.3 Å². The number of aryl methyl sites for hydroxylation is 1. The molecule has 220 valence electrons. The molecule has 4 fully saturated rings. The molecule has 1 aromatic rings. The quantitative estimate of drug-likeness (QED) is 0.207. The Morgan fingerprint density at radius 2 is 1.90 bits per heavy atom. The summed E-state index contributed by atoms with van der Waals surface area (Å²) in [6, 6.07) is 4.22. The van der Waals surface area contributed by atoms with Crippen molar-refractivity contribution in [2.75, 3.05) is 0 Å². The molecule has 4 heteroatoms. The van der Waals surface area contributed by atoms with Crippen LogP contribution in [0.3, 0.4) is 0 Å². The Bertz CT molecular complexity index is 1130. The van der Waals surface area contributed by atoms with Crippen LogP contribution in [-0.4, -0.2) is 33.6 Å². The molecule has 1 heterocycles. The molecule has 1 aromatic heterocycles. The van der Waals surface area contributed by atoms with Crippen LogP contribution in [0.5, 0.6) is 0 Å². The number of furan rings is 1. The summed E-state index contributed by atoms with van der Waals surface area (Å²) in [5, 5.41) is 31.7. The third-order valence-corrected chi connectivity index (χ3v) is 11.1. The Morgan fingerprint density at radius 1 is 1.10 bits per heavy atom. The zero-order chi connectivity index (χ0) is 28.5. The lowest BCUT2D eigenvalue weighted by Gasteiger charge is -2.44. The normalized spacial score (nSPS) is 35.4. The molecular formula is C36H52O4. The molecule has 5 rings (SSSR count). The molecule has 0 spiro atoms. The maximum atomic E-state index is 11.3. The monoisotopic (exact) mass is 548 g/mol. The second-order valence-electron chi connectivity index (χ2n) is 13.7. The first kappa shape index (κ1) is 29.6. The van der Waals surface area contributed by atoms with E-state index in [-0.39, 0.29) is 10.8 Å². The third kappa shape index (κ3) is 5.87. The number of allylic oxidation sites excluding steroid dienone is 4. The number of fused-ring (bicyclic) bond motifs is 1. The third-order valence-electron chi connectivity index (χ3n) is 11.1. The molecule has 0 radical (unpaired) electrons. The standard InChI is InChI=1S/C36H52O4/c1-5-6-7-10-29-14-18-34(40-29)36(20-21-36)33(39)17-11-24(2)30-15-16-31-26(9-8-19-35(30,31)4)12-13-27-22-28(37)23-32(38)25(27)3/h11-14,17-18,24,28,30-33,37-39H,3,5-10,15-16,19-23H2,1-2,4H3/t24-,28-,30-,31+,32+,33-,35-/m1/s1. The molecule has 40 heavy (non-hydrogen) atoms. The van der Waals surface area contributed by atoms with Crippen molar-refractivity contribution in [2.45, 2.75) is 128 Å². The number of hydrogen-bond donors (Lipinski definition) is 3. The van der Waals surface area contributed by atoms with Crippen LogP contribution in [0.1, 0.15) is 109 Å². The van der Waals surface area contributed by atoms with Crippen LogP contribution < -0.4 is 0 Å². The van der Waals surface area contributed by atoms with E-state index in [1.807, 2.05) is 0 Å². The van der Waals surface area contributed by atoms with E-state index in [0.29, 0.717) is 30.6 Å². The lowest BCUT2D eigenvalue weighted by Crippen LogP contribution is -2.35. The molecule has 0 bridgehead atoms. The Kier molecular flexibility index (Phi) is 9.00. The molecule has 3 N–H and O–H groups in total. The highest BCUT2D eigenvalue weighted by Crippen LogP contribution is 2.60. The van der Waals surface area contributed by atoms with Crippen molar-refractivity contribution in [1.82, 2.24) is 0 Å². The van der Waals surface area contributed by atoms with E-state index >= 15 is 0 Å². The average molecular weight is 549 g/mol. The molecule has 4 saturated carbocycles. The highest BCUT2D eigenvalue weighted by molar-refractivity contribution is 5.39. The van der Waals surface area contributed by atoms with E-state index in [1.54, 1.807) is 0 Å². The fraction of sp³-hybridized carbons (Fsp3) is 0.667. The van der Waals surface area contributed by atoms with Gasteiger partial charge in [-0.25, -0.2) is 0 Å². The van der Waals surface area contributed by atoms with Crippen molar-refractivity contribution < 1.29 is 19.7 Å². The molecular weight excluding hydrogens is 496 g/mol. The largest absolute Gasteiger partial charge is 0.465 e. The SMILES string of the molecule is C=C1C(=CC=C2CCC[C@]3(C)[C@@H]([C@H](C)C=C[C@@H](O)C4(c5ccc(CCCCC)o5)CC4)CC[C@@H]23)C[C@@H](O)C[C@@H]1O. The van der Waals surface area contributed by atoms with Gasteiger partial charge in [-0.1, -0.05) is 70.1 Å². The van der Waals surface area contributed by atoms with Gasteiger partial charge in [0.25, 0.3) is 0 Å². The highest BCUT2D eigenvalue weighted by Gasteiger charge is 2.53. The minimum atomic E-state index is -0.640. The van der Waals surface area contributed by atoms with E-state index in [4.69, 9.17) is 4.42 Å². The first-order valence-corrected chi connectivity index (χ1v) is 16.1. The molecule has 4 nitrogen and oxygen atoms in total. The minimum absolute atomic E-state index is 0.236. The van der Waals surface area contributed by atoms with Crippen molar-refractivity contribution in [3.05, 3.63) is 71.3 Å². The lowest BCUT2D eigenvalue weighted by molar-refractivity contribution is 0.0862. The van der Waals surface area contributed by atoms with Crippen LogP contribution in [0.4, 0.5) is 0 Å². The van der Waals surface area contributed by atoms with Gasteiger partial charge in [-0.15, -0.1) is 0 Å². The van der Waals surface area contributed by atoms with Crippen molar-refractivity contribution in [2.24, 2.45) is 23.2 Å². The Labute approximate surface area is 242 Å². The fourth-order valence-electron chi connectivity index (χ4n) is 8.36. The topological polar surface area (TPSA) is 73.8 Å². The number of unbranched alkanes of at least 4 members (excludes halogenated alkanes) is 2. The zero-order valence-electron chi connectivity index (χ0n) is 25.1. The fourth-order valence-corrected chi connectivity index (χ4v) is 8.36. The number of aliphatic hydroxyl groups is 3. The van der Waals surface area contributed by atoms with E-state index < -0.39 is 18.3 Å². The Morgan fingerprint density at radius 3 is 2.65 bits per heavy atom. The van der Waals surface area contributed by atoms with Crippen molar-refractivity contribution in [3.8, 4) is 0 Å². The summed E-state index contributed by atoms with van der Waals surface area (Å²) < 4.78 is 6.23. The van der Waals surface area contributed by atoms with Crippen LogP contribution in [0, 0.1) is 23.2 Å². The Hall–Kier alpha value is -1.88. The van der Waals surface area contributed by atoms with Gasteiger partial charge in [0.1, 0.15) is 11.5 Å². The molecule has 0 saturated heterocycles. The van der Waals surface area contributed by atoms with E-state index in [0.717, 1.165) is 54.8 Å². The van der Waals surface area contributed by atoms with Crippen LogP contribution in [-0.2, 0) is 11.8 Å². The first-order valence-electron chi connectivity index (χ1n) is 16.1. The van der Waals surface area contributed by atoms with Gasteiger partial charge in [-0.2, -0.15) is 0 Å². The summed E-state index contributed by atoms with van der Waals surface area (Å²) in [5.41, 5.74) is 3.29. The second kappa shape index (κ2) is 12.2. The predicted molar refractivity (Wildman–Crippen MR) is 162 cm³/mol. The smallest absolute Gasteiger partial charge is 0.113 e. The van der Waals surface area contributed by atoms with Crippen LogP contribution >= 0.6 is 0 Å². The second-order valence-corrected chi connectivity index (χ2v) is 13.7. The number of rotatable bonds is 10. The number of hydrogen-bond acceptors (Lipinski definition) is 4. The van der Waals surface area contributed by atoms with Crippen LogP contribution in [0.15, 0.2) is 64.2 Å².